The van der Waals surface area contributed by atoms with Gasteiger partial charge in [-0.3, -0.25) is 4.79 Å². The van der Waals surface area contributed by atoms with Gasteiger partial charge in [-0.25, -0.2) is 9.69 Å². The fourth-order valence-electron chi connectivity index (χ4n) is 2.22. The predicted octanol–water partition coefficient (Wildman–Crippen LogP) is 2.48. The van der Waals surface area contributed by atoms with Crippen LogP contribution < -0.4 is 0 Å². The molecule has 23 heavy (non-hydrogen) atoms. The van der Waals surface area contributed by atoms with Crippen LogP contribution in [0, 0.1) is 11.8 Å². The topological polar surface area (TPSA) is 66.8 Å². The highest BCUT2D eigenvalue weighted by Gasteiger charge is 2.74. The lowest BCUT2D eigenvalue weighted by atomic mass is 9.85. The van der Waals surface area contributed by atoms with Gasteiger partial charge < -0.3 is 9.84 Å². The third kappa shape index (κ3) is 3.10. The molecule has 2 amide bonds. The van der Waals surface area contributed by atoms with Crippen molar-refractivity contribution >= 4 is 12.0 Å². The standard InChI is InChI=1S/C12H15F6NO4/c1-5(2)7-4-23-9(21)19(7)8(20)6(3)10(22,11(13,14)15)12(16,17)18/h5-7,22H,4H2,1-3H3/t6-,7+/m1/s1. The molecule has 1 rings (SSSR count). The van der Waals surface area contributed by atoms with Crippen LogP contribution in [0.15, 0.2) is 0 Å². The smallest absolute Gasteiger partial charge is 0.427 e. The lowest BCUT2D eigenvalue weighted by Crippen LogP contribution is -2.65. The average Bonchev–Trinajstić information content (AvgIpc) is 2.75. The number of alkyl halides is 6. The molecule has 0 aromatic rings. The predicted molar refractivity (Wildman–Crippen MR) is 63.0 cm³/mol. The number of imide groups is 1. The van der Waals surface area contributed by atoms with E-state index in [4.69, 9.17) is 0 Å². The third-order valence-corrected chi connectivity index (χ3v) is 3.77. The van der Waals surface area contributed by atoms with E-state index < -0.39 is 47.8 Å². The molecule has 2 atom stereocenters. The summed E-state index contributed by atoms with van der Waals surface area (Å²) in [7, 11) is 0. The summed E-state index contributed by atoms with van der Waals surface area (Å²) in [5.41, 5.74) is -5.28. The maximum Gasteiger partial charge on any atom is 0.427 e. The zero-order valence-electron chi connectivity index (χ0n) is 12.3. The van der Waals surface area contributed by atoms with E-state index in [-0.39, 0.29) is 18.4 Å². The van der Waals surface area contributed by atoms with Crippen molar-refractivity contribution in [2.75, 3.05) is 6.61 Å². The van der Waals surface area contributed by atoms with Crippen LogP contribution in [-0.2, 0) is 9.53 Å². The Hall–Kier alpha value is -1.52. The van der Waals surface area contributed by atoms with Crippen molar-refractivity contribution in [3.8, 4) is 0 Å². The molecular formula is C12H15F6NO4. The molecule has 0 aliphatic carbocycles. The molecule has 0 saturated carbocycles. The highest BCUT2D eigenvalue weighted by molar-refractivity contribution is 5.95. The second kappa shape index (κ2) is 5.84. The van der Waals surface area contributed by atoms with Crippen molar-refractivity contribution in [1.82, 2.24) is 4.90 Å². The lowest BCUT2D eigenvalue weighted by molar-refractivity contribution is -0.379. The Morgan fingerprint density at radius 3 is 1.96 bits per heavy atom. The molecule has 11 heteroatoms. The third-order valence-electron chi connectivity index (χ3n) is 3.77. The van der Waals surface area contributed by atoms with E-state index in [1.807, 2.05) is 0 Å². The number of hydrogen-bond acceptors (Lipinski definition) is 4. The Balaban J connectivity index is 3.27. The second-order valence-electron chi connectivity index (χ2n) is 5.58. The monoisotopic (exact) mass is 351 g/mol. The second-order valence-corrected chi connectivity index (χ2v) is 5.58. The summed E-state index contributed by atoms with van der Waals surface area (Å²) in [6, 6.07) is -1.01. The van der Waals surface area contributed by atoms with Gasteiger partial charge in [-0.15, -0.1) is 0 Å². The van der Waals surface area contributed by atoms with Crippen LogP contribution in [-0.4, -0.2) is 52.6 Å². The first kappa shape index (κ1) is 19.5. The molecule has 0 spiro atoms. The van der Waals surface area contributed by atoms with Crippen LogP contribution in [0.3, 0.4) is 0 Å². The minimum Gasteiger partial charge on any atom is -0.447 e. The Kier molecular flexibility index (Phi) is 4.96. The molecule has 1 heterocycles. The maximum absolute atomic E-state index is 12.8. The summed E-state index contributed by atoms with van der Waals surface area (Å²) >= 11 is 0. The number of nitrogens with zero attached hydrogens (tertiary/aromatic N) is 1. The number of carbonyl (C=O) groups is 2. The van der Waals surface area contributed by atoms with E-state index in [9.17, 15) is 41.0 Å². The molecule has 0 bridgehead atoms. The molecule has 1 fully saturated rings. The average molecular weight is 351 g/mol. The minimum absolute atomic E-state index is 0.206. The largest absolute Gasteiger partial charge is 0.447 e. The summed E-state index contributed by atoms with van der Waals surface area (Å²) < 4.78 is 81.3. The van der Waals surface area contributed by atoms with Gasteiger partial charge in [-0.05, 0) is 5.92 Å². The molecule has 134 valence electrons. The zero-order chi connectivity index (χ0) is 18.4. The summed E-state index contributed by atoms with van der Waals surface area (Å²) in [5.74, 6) is -5.24. The van der Waals surface area contributed by atoms with E-state index >= 15 is 0 Å². The molecule has 5 nitrogen and oxygen atoms in total. The molecule has 0 aromatic heterocycles. The van der Waals surface area contributed by atoms with Gasteiger partial charge in [0.05, 0.1) is 12.0 Å². The summed E-state index contributed by atoms with van der Waals surface area (Å²) in [6.45, 7) is 2.95. The van der Waals surface area contributed by atoms with Gasteiger partial charge in [0, 0.05) is 0 Å². The normalized spacial score (nSPS) is 21.6. The van der Waals surface area contributed by atoms with Crippen molar-refractivity contribution in [3.05, 3.63) is 0 Å². The number of hydrogen-bond donors (Lipinski definition) is 1. The van der Waals surface area contributed by atoms with Gasteiger partial charge >= 0.3 is 18.4 Å². The zero-order valence-corrected chi connectivity index (χ0v) is 12.3. The minimum atomic E-state index is -6.16. The van der Waals surface area contributed by atoms with Crippen molar-refractivity contribution in [2.45, 2.75) is 44.8 Å². The number of aliphatic hydroxyl groups is 1. The van der Waals surface area contributed by atoms with Crippen LogP contribution in [0.1, 0.15) is 20.8 Å². The quantitative estimate of drug-likeness (QED) is 0.794. The van der Waals surface area contributed by atoms with Gasteiger partial charge in [0.2, 0.25) is 5.91 Å². The molecule has 0 radical (unpaired) electrons. The van der Waals surface area contributed by atoms with Gasteiger partial charge in [-0.1, -0.05) is 20.8 Å². The SMILES string of the molecule is CC(C)[C@@H]1COC(=O)N1C(=O)[C@@H](C)C(O)(C(F)(F)F)C(F)(F)F. The van der Waals surface area contributed by atoms with Gasteiger partial charge in [0.1, 0.15) is 6.61 Å². The molecule has 1 aliphatic rings. The summed E-state index contributed by atoms with van der Waals surface area (Å²) in [4.78, 5) is 23.8. The Labute approximate surface area is 127 Å². The van der Waals surface area contributed by atoms with Crippen LogP contribution in [0.4, 0.5) is 31.1 Å². The first-order chi connectivity index (χ1) is 10.2. The number of rotatable bonds is 3. The molecule has 1 aliphatic heterocycles. The van der Waals surface area contributed by atoms with Crippen molar-refractivity contribution in [2.24, 2.45) is 11.8 Å². The Bertz CT molecular complexity index is 473. The highest BCUT2D eigenvalue weighted by atomic mass is 19.4. The Morgan fingerprint density at radius 2 is 1.61 bits per heavy atom. The molecular weight excluding hydrogens is 336 g/mol. The van der Waals surface area contributed by atoms with Gasteiger partial charge in [-0.2, -0.15) is 26.3 Å². The van der Waals surface area contributed by atoms with Crippen LogP contribution in [0.5, 0.6) is 0 Å². The number of cyclic esters (lactones) is 1. The molecule has 1 saturated heterocycles. The number of ether oxygens (including phenoxy) is 1. The molecule has 0 unspecified atom stereocenters. The first-order valence-corrected chi connectivity index (χ1v) is 6.51. The maximum atomic E-state index is 12.8. The van der Waals surface area contributed by atoms with Crippen LogP contribution in [0.25, 0.3) is 0 Å². The van der Waals surface area contributed by atoms with Crippen LogP contribution >= 0.6 is 0 Å². The van der Waals surface area contributed by atoms with E-state index in [0.29, 0.717) is 0 Å². The number of carbonyl (C=O) groups excluding carboxylic acids is 2. The van der Waals surface area contributed by atoms with E-state index in [0.717, 1.165) is 0 Å². The van der Waals surface area contributed by atoms with E-state index in [2.05, 4.69) is 4.74 Å². The molecule has 0 aromatic carbocycles. The highest BCUT2D eigenvalue weighted by Crippen LogP contribution is 2.48. The number of amides is 2. The molecule has 1 N–H and O–H groups in total. The fourth-order valence-corrected chi connectivity index (χ4v) is 2.22. The van der Waals surface area contributed by atoms with Crippen molar-refractivity contribution in [1.29, 1.82) is 0 Å². The van der Waals surface area contributed by atoms with Crippen molar-refractivity contribution in [3.63, 3.8) is 0 Å². The van der Waals surface area contributed by atoms with E-state index in [1.54, 1.807) is 0 Å². The van der Waals surface area contributed by atoms with Crippen molar-refractivity contribution < 1.29 is 45.8 Å². The summed E-state index contributed by atoms with van der Waals surface area (Å²) in [6.07, 6.45) is -13.7. The first-order valence-electron chi connectivity index (χ1n) is 6.51. The lowest BCUT2D eigenvalue weighted by Gasteiger charge is -2.38. The van der Waals surface area contributed by atoms with E-state index in [1.165, 1.54) is 13.8 Å². The Morgan fingerprint density at radius 1 is 1.17 bits per heavy atom. The van der Waals surface area contributed by atoms with Crippen LogP contribution in [0.2, 0.25) is 0 Å². The number of halogens is 6. The summed E-state index contributed by atoms with van der Waals surface area (Å²) in [5, 5.41) is 9.25. The van der Waals surface area contributed by atoms with Gasteiger partial charge in [0.25, 0.3) is 5.60 Å². The van der Waals surface area contributed by atoms with Gasteiger partial charge in [0.15, 0.2) is 0 Å². The fraction of sp³-hybridized carbons (Fsp3) is 0.833.